The first-order chi connectivity index (χ1) is 28.5. The Morgan fingerprint density at radius 3 is 1.14 bits per heavy atom. The van der Waals surface area contributed by atoms with Crippen molar-refractivity contribution in [2.24, 2.45) is 0 Å². The fourth-order valence-electron chi connectivity index (χ4n) is 6.29. The summed E-state index contributed by atoms with van der Waals surface area (Å²) in [4.78, 5) is 37.8. The monoisotopic (exact) mass is 809 g/mol. The molecule has 0 radical (unpaired) electrons. The molecule has 0 saturated heterocycles. The highest BCUT2D eigenvalue weighted by Gasteiger charge is 2.19. The normalized spacial score (nSPS) is 12.7. The molecule has 0 N–H and O–H groups in total. The Morgan fingerprint density at radius 1 is 0.362 bits per heavy atom. The van der Waals surface area contributed by atoms with Gasteiger partial charge in [-0.25, -0.2) is 0 Å². The quantitative estimate of drug-likeness (QED) is 0.0264. The average molecular weight is 809 g/mol. The van der Waals surface area contributed by atoms with Crippen LogP contribution in [0.4, 0.5) is 0 Å². The standard InChI is InChI=1S/C52H88O6/c1-4-7-10-13-16-19-22-24-25-26-28-30-33-36-39-42-45-51(54)57-48-49(47-56-50(53)44-41-38-35-32-29-21-18-15-12-9-6-3)58-52(55)46-43-40-37-34-31-27-23-20-17-14-11-8-5-2/h7,10,15-16,18-19,24-25,27-28,30-31,49H,4-6,8-9,11-14,17,20-23,26,29,32-48H2,1-3H3/b10-7-,18-15-,19-16-,25-24-,30-28-,31-27-. The second-order valence-corrected chi connectivity index (χ2v) is 15.6. The van der Waals surface area contributed by atoms with Crippen LogP contribution in [-0.2, 0) is 28.6 Å². The molecule has 58 heavy (non-hydrogen) atoms. The Hall–Kier alpha value is -3.15. The van der Waals surface area contributed by atoms with E-state index in [9.17, 15) is 14.4 Å². The number of hydrogen-bond donors (Lipinski definition) is 0. The maximum Gasteiger partial charge on any atom is 0.306 e. The molecule has 0 amide bonds. The van der Waals surface area contributed by atoms with E-state index in [4.69, 9.17) is 14.2 Å². The molecule has 1 atom stereocenters. The van der Waals surface area contributed by atoms with Crippen LogP contribution in [0.5, 0.6) is 0 Å². The maximum absolute atomic E-state index is 12.7. The van der Waals surface area contributed by atoms with Crippen LogP contribution >= 0.6 is 0 Å². The molecule has 6 nitrogen and oxygen atoms in total. The van der Waals surface area contributed by atoms with Crippen molar-refractivity contribution in [2.45, 2.75) is 226 Å². The molecule has 6 heteroatoms. The van der Waals surface area contributed by atoms with Crippen LogP contribution in [-0.4, -0.2) is 37.2 Å². The zero-order chi connectivity index (χ0) is 42.3. The summed E-state index contributed by atoms with van der Waals surface area (Å²) < 4.78 is 16.7. The van der Waals surface area contributed by atoms with Gasteiger partial charge in [-0.15, -0.1) is 0 Å². The fraction of sp³-hybridized carbons (Fsp3) is 0.712. The summed E-state index contributed by atoms with van der Waals surface area (Å²) >= 11 is 0. The summed E-state index contributed by atoms with van der Waals surface area (Å²) in [6.07, 6.45) is 57.4. The van der Waals surface area contributed by atoms with Crippen molar-refractivity contribution < 1.29 is 28.6 Å². The van der Waals surface area contributed by atoms with E-state index in [1.54, 1.807) is 0 Å². The number of unbranched alkanes of at least 4 members (excludes halogenated alkanes) is 19. The zero-order valence-corrected chi connectivity index (χ0v) is 37.8. The molecule has 0 rings (SSSR count). The minimum Gasteiger partial charge on any atom is -0.462 e. The van der Waals surface area contributed by atoms with Gasteiger partial charge in [-0.05, 0) is 103 Å². The molecule has 0 bridgehead atoms. The van der Waals surface area contributed by atoms with E-state index in [0.717, 1.165) is 116 Å². The third-order valence-electron chi connectivity index (χ3n) is 9.91. The van der Waals surface area contributed by atoms with E-state index in [2.05, 4.69) is 93.7 Å². The van der Waals surface area contributed by atoms with Crippen LogP contribution in [0, 0.1) is 0 Å². The number of rotatable bonds is 42. The summed E-state index contributed by atoms with van der Waals surface area (Å²) in [6, 6.07) is 0. The predicted molar refractivity (Wildman–Crippen MR) is 247 cm³/mol. The molecule has 0 aromatic heterocycles. The van der Waals surface area contributed by atoms with E-state index >= 15 is 0 Å². The van der Waals surface area contributed by atoms with Crippen LogP contribution in [0.1, 0.15) is 220 Å². The van der Waals surface area contributed by atoms with E-state index in [0.29, 0.717) is 19.3 Å². The van der Waals surface area contributed by atoms with Crippen LogP contribution < -0.4 is 0 Å². The first kappa shape index (κ1) is 54.9. The van der Waals surface area contributed by atoms with Crippen LogP contribution in [0.3, 0.4) is 0 Å². The van der Waals surface area contributed by atoms with Crippen molar-refractivity contribution in [1.82, 2.24) is 0 Å². The number of hydrogen-bond acceptors (Lipinski definition) is 6. The predicted octanol–water partition coefficient (Wildman–Crippen LogP) is 15.5. The molecule has 0 aliphatic heterocycles. The first-order valence-electron chi connectivity index (χ1n) is 23.9. The Morgan fingerprint density at radius 2 is 0.690 bits per heavy atom. The number of carbonyl (C=O) groups excluding carboxylic acids is 3. The van der Waals surface area contributed by atoms with Gasteiger partial charge in [0, 0.05) is 19.3 Å². The highest BCUT2D eigenvalue weighted by Crippen LogP contribution is 2.12. The molecule has 0 aromatic carbocycles. The lowest BCUT2D eigenvalue weighted by molar-refractivity contribution is -0.167. The molecular weight excluding hydrogens is 721 g/mol. The SMILES string of the molecule is CC/C=C\C/C=C\C/C=C\C/C=C\CCCCCC(=O)OCC(COC(=O)CCCCCCC/C=C\CCCC)OC(=O)CCCCC/C=C\CCCCCCCC. The zero-order valence-electron chi connectivity index (χ0n) is 37.8. The second-order valence-electron chi connectivity index (χ2n) is 15.6. The lowest BCUT2D eigenvalue weighted by atomic mass is 10.1. The highest BCUT2D eigenvalue weighted by molar-refractivity contribution is 5.71. The van der Waals surface area contributed by atoms with Crippen LogP contribution in [0.15, 0.2) is 72.9 Å². The van der Waals surface area contributed by atoms with Gasteiger partial charge in [0.25, 0.3) is 0 Å². The Kier molecular flexibility index (Phi) is 44.0. The molecule has 0 aromatic rings. The average Bonchev–Trinajstić information content (AvgIpc) is 3.22. The summed E-state index contributed by atoms with van der Waals surface area (Å²) in [5, 5.41) is 0. The van der Waals surface area contributed by atoms with Gasteiger partial charge in [-0.2, -0.15) is 0 Å². The van der Waals surface area contributed by atoms with Gasteiger partial charge in [-0.1, -0.05) is 171 Å². The van der Waals surface area contributed by atoms with E-state index < -0.39 is 6.10 Å². The second kappa shape index (κ2) is 46.5. The Balaban J connectivity index is 4.46. The molecule has 0 spiro atoms. The lowest BCUT2D eigenvalue weighted by Gasteiger charge is -2.18. The van der Waals surface area contributed by atoms with Crippen LogP contribution in [0.25, 0.3) is 0 Å². The van der Waals surface area contributed by atoms with Crippen molar-refractivity contribution in [3.05, 3.63) is 72.9 Å². The lowest BCUT2D eigenvalue weighted by Crippen LogP contribution is -2.30. The van der Waals surface area contributed by atoms with Crippen molar-refractivity contribution in [3.63, 3.8) is 0 Å². The smallest absolute Gasteiger partial charge is 0.306 e. The van der Waals surface area contributed by atoms with Gasteiger partial charge >= 0.3 is 17.9 Å². The van der Waals surface area contributed by atoms with Crippen molar-refractivity contribution in [3.8, 4) is 0 Å². The third-order valence-corrected chi connectivity index (χ3v) is 9.91. The van der Waals surface area contributed by atoms with E-state index in [-0.39, 0.29) is 31.1 Å². The molecule has 1 unspecified atom stereocenters. The molecular formula is C52H88O6. The molecule has 0 saturated carbocycles. The van der Waals surface area contributed by atoms with E-state index in [1.807, 2.05) is 0 Å². The van der Waals surface area contributed by atoms with Crippen molar-refractivity contribution >= 4 is 17.9 Å². The number of carbonyl (C=O) groups is 3. The van der Waals surface area contributed by atoms with Gasteiger partial charge in [0.2, 0.25) is 0 Å². The van der Waals surface area contributed by atoms with Gasteiger partial charge in [-0.3, -0.25) is 14.4 Å². The highest BCUT2D eigenvalue weighted by atomic mass is 16.6. The van der Waals surface area contributed by atoms with Crippen LogP contribution in [0.2, 0.25) is 0 Å². The van der Waals surface area contributed by atoms with Gasteiger partial charge < -0.3 is 14.2 Å². The minimum atomic E-state index is -0.797. The fourth-order valence-corrected chi connectivity index (χ4v) is 6.29. The summed E-state index contributed by atoms with van der Waals surface area (Å²) in [6.45, 7) is 6.41. The number of ether oxygens (including phenoxy) is 3. The van der Waals surface area contributed by atoms with Gasteiger partial charge in [0.05, 0.1) is 0 Å². The minimum absolute atomic E-state index is 0.0967. The largest absolute Gasteiger partial charge is 0.462 e. The topological polar surface area (TPSA) is 78.9 Å². The van der Waals surface area contributed by atoms with Gasteiger partial charge in [0.1, 0.15) is 13.2 Å². The molecule has 332 valence electrons. The Labute approximate surface area is 357 Å². The van der Waals surface area contributed by atoms with Gasteiger partial charge in [0.15, 0.2) is 6.10 Å². The first-order valence-corrected chi connectivity index (χ1v) is 23.9. The number of allylic oxidation sites excluding steroid dienone is 12. The van der Waals surface area contributed by atoms with Crippen molar-refractivity contribution in [2.75, 3.05) is 13.2 Å². The molecule has 0 aliphatic carbocycles. The van der Waals surface area contributed by atoms with Crippen molar-refractivity contribution in [1.29, 1.82) is 0 Å². The molecule has 0 fully saturated rings. The number of esters is 3. The molecule has 0 heterocycles. The summed E-state index contributed by atoms with van der Waals surface area (Å²) in [5.41, 5.74) is 0. The third kappa shape index (κ3) is 44.0. The summed E-state index contributed by atoms with van der Waals surface area (Å²) in [5.74, 6) is -0.958. The molecule has 0 aliphatic rings. The Bertz CT molecular complexity index is 1110. The van der Waals surface area contributed by atoms with E-state index in [1.165, 1.54) is 64.2 Å². The maximum atomic E-state index is 12.7. The summed E-state index contributed by atoms with van der Waals surface area (Å²) in [7, 11) is 0.